The van der Waals surface area contributed by atoms with Crippen LogP contribution in [0.5, 0.6) is 5.75 Å². The lowest BCUT2D eigenvalue weighted by atomic mass is 10.0. The van der Waals surface area contributed by atoms with Crippen LogP contribution in [0.3, 0.4) is 0 Å². The Bertz CT molecular complexity index is 1130. The molecule has 0 bridgehead atoms. The molecule has 2 aromatic carbocycles. The van der Waals surface area contributed by atoms with Crippen LogP contribution in [-0.4, -0.2) is 32.6 Å². The van der Waals surface area contributed by atoms with Gasteiger partial charge in [0.05, 0.1) is 6.54 Å². The number of para-hydroxylation sites is 1. The van der Waals surface area contributed by atoms with Gasteiger partial charge in [0, 0.05) is 28.9 Å². The van der Waals surface area contributed by atoms with Crippen LogP contribution in [0.15, 0.2) is 60.0 Å². The van der Waals surface area contributed by atoms with Crippen molar-refractivity contribution in [1.82, 2.24) is 19.7 Å². The molecule has 0 unspecified atom stereocenters. The van der Waals surface area contributed by atoms with Gasteiger partial charge in [0.25, 0.3) is 0 Å². The Hall–Kier alpha value is -3.41. The zero-order valence-corrected chi connectivity index (χ0v) is 17.0. The second kappa shape index (κ2) is 8.31. The lowest BCUT2D eigenvalue weighted by Crippen LogP contribution is -2.09. The minimum atomic E-state index is 0.428. The summed E-state index contributed by atoms with van der Waals surface area (Å²) in [6, 6.07) is 14.7. The van der Waals surface area contributed by atoms with Crippen molar-refractivity contribution in [1.29, 1.82) is 0 Å². The Kier molecular flexibility index (Phi) is 5.42. The summed E-state index contributed by atoms with van der Waals surface area (Å²) in [6.07, 6.45) is 5.37. The molecule has 0 atom stereocenters. The molecule has 0 aliphatic heterocycles. The van der Waals surface area contributed by atoms with Crippen molar-refractivity contribution in [2.45, 2.75) is 33.2 Å². The number of aromatic nitrogens is 4. The fourth-order valence-electron chi connectivity index (χ4n) is 3.45. The van der Waals surface area contributed by atoms with Gasteiger partial charge in [-0.15, -0.1) is 0 Å². The summed E-state index contributed by atoms with van der Waals surface area (Å²) < 4.78 is 8.39. The SMILES string of the molecule is Cc1ccc(C(C)C)c(OCCn2cc(/C=N/c3ncn[nH]3)c3ccccc32)c1. The van der Waals surface area contributed by atoms with E-state index in [1.54, 1.807) is 0 Å². The topological polar surface area (TPSA) is 68.1 Å². The minimum absolute atomic E-state index is 0.428. The minimum Gasteiger partial charge on any atom is -0.491 e. The number of benzene rings is 2. The number of ether oxygens (including phenoxy) is 1. The fraction of sp³-hybridized carbons (Fsp3) is 0.261. The molecule has 4 rings (SSSR count). The van der Waals surface area contributed by atoms with Crippen LogP contribution in [-0.2, 0) is 6.54 Å². The largest absolute Gasteiger partial charge is 0.491 e. The van der Waals surface area contributed by atoms with E-state index in [4.69, 9.17) is 4.74 Å². The van der Waals surface area contributed by atoms with E-state index in [1.807, 2.05) is 12.3 Å². The number of fused-ring (bicyclic) bond motifs is 1. The summed E-state index contributed by atoms with van der Waals surface area (Å²) >= 11 is 0. The molecular weight excluding hydrogens is 362 g/mol. The van der Waals surface area contributed by atoms with Crippen molar-refractivity contribution in [3.05, 3.63) is 71.7 Å². The predicted octanol–water partition coefficient (Wildman–Crippen LogP) is 5.02. The number of H-pyrrole nitrogens is 1. The highest BCUT2D eigenvalue weighted by Gasteiger charge is 2.10. The maximum Gasteiger partial charge on any atom is 0.245 e. The van der Waals surface area contributed by atoms with Crippen molar-refractivity contribution >= 4 is 23.1 Å². The third-order valence-electron chi connectivity index (χ3n) is 4.93. The van der Waals surface area contributed by atoms with Crippen molar-refractivity contribution in [2.24, 2.45) is 4.99 Å². The van der Waals surface area contributed by atoms with Crippen LogP contribution in [0.25, 0.3) is 10.9 Å². The molecule has 2 aromatic heterocycles. The first-order valence-electron chi connectivity index (χ1n) is 9.82. The summed E-state index contributed by atoms with van der Waals surface area (Å²) in [5.74, 6) is 1.89. The highest BCUT2D eigenvalue weighted by Crippen LogP contribution is 2.28. The van der Waals surface area contributed by atoms with Crippen molar-refractivity contribution < 1.29 is 4.74 Å². The molecule has 0 saturated carbocycles. The first-order valence-corrected chi connectivity index (χ1v) is 9.82. The lowest BCUT2D eigenvalue weighted by Gasteiger charge is -2.15. The van der Waals surface area contributed by atoms with Crippen LogP contribution < -0.4 is 4.74 Å². The van der Waals surface area contributed by atoms with E-state index in [-0.39, 0.29) is 0 Å². The molecule has 0 saturated heterocycles. The predicted molar refractivity (Wildman–Crippen MR) is 116 cm³/mol. The molecule has 2 heterocycles. The highest BCUT2D eigenvalue weighted by molar-refractivity contribution is 5.99. The number of nitrogens with one attached hydrogen (secondary N) is 1. The van der Waals surface area contributed by atoms with E-state index in [2.05, 4.69) is 88.1 Å². The Balaban J connectivity index is 1.54. The molecule has 0 amide bonds. The number of hydrogen-bond donors (Lipinski definition) is 1. The number of aliphatic imine (C=N–C) groups is 1. The summed E-state index contributed by atoms with van der Waals surface area (Å²) in [5.41, 5.74) is 4.65. The molecule has 0 spiro atoms. The van der Waals surface area contributed by atoms with Crippen molar-refractivity contribution in [2.75, 3.05) is 6.61 Å². The summed E-state index contributed by atoms with van der Waals surface area (Å²) in [4.78, 5) is 8.41. The molecule has 0 aliphatic rings. The molecular formula is C23H25N5O. The third-order valence-corrected chi connectivity index (χ3v) is 4.93. The second-order valence-corrected chi connectivity index (χ2v) is 7.41. The average molecular weight is 387 g/mol. The highest BCUT2D eigenvalue weighted by atomic mass is 16.5. The van der Waals surface area contributed by atoms with Gasteiger partial charge in [-0.05, 0) is 36.1 Å². The molecule has 148 valence electrons. The smallest absolute Gasteiger partial charge is 0.245 e. The fourth-order valence-corrected chi connectivity index (χ4v) is 3.45. The molecule has 0 fully saturated rings. The van der Waals surface area contributed by atoms with Gasteiger partial charge in [-0.3, -0.25) is 0 Å². The standard InChI is InChI=1S/C23H25N5O/c1-16(2)19-9-8-17(3)12-22(19)29-11-10-28-14-18(13-24-23-25-15-26-27-23)20-6-4-5-7-21(20)28/h4-9,12-16H,10-11H2,1-3H3,(H,25,26,27)/b24-13+. The monoisotopic (exact) mass is 387 g/mol. The third kappa shape index (κ3) is 4.21. The van der Waals surface area contributed by atoms with Crippen molar-refractivity contribution in [3.8, 4) is 5.75 Å². The maximum absolute atomic E-state index is 6.18. The normalized spacial score (nSPS) is 11.7. The van der Waals surface area contributed by atoms with Gasteiger partial charge in [-0.2, -0.15) is 10.1 Å². The number of nitrogens with zero attached hydrogens (tertiary/aromatic N) is 4. The van der Waals surface area contributed by atoms with Crippen LogP contribution in [0.2, 0.25) is 0 Å². The molecule has 29 heavy (non-hydrogen) atoms. The zero-order valence-electron chi connectivity index (χ0n) is 17.0. The molecule has 0 radical (unpaired) electrons. The van der Waals surface area contributed by atoms with Gasteiger partial charge in [-0.25, -0.2) is 10.1 Å². The van der Waals surface area contributed by atoms with E-state index in [0.29, 0.717) is 18.5 Å². The lowest BCUT2D eigenvalue weighted by molar-refractivity contribution is 0.296. The molecule has 6 heteroatoms. The first-order chi connectivity index (χ1) is 14.1. The molecule has 4 aromatic rings. The number of aromatic amines is 1. The van der Waals surface area contributed by atoms with Crippen molar-refractivity contribution in [3.63, 3.8) is 0 Å². The van der Waals surface area contributed by atoms with E-state index in [1.165, 1.54) is 17.5 Å². The van der Waals surface area contributed by atoms with Gasteiger partial charge in [0.2, 0.25) is 5.95 Å². The van der Waals surface area contributed by atoms with Gasteiger partial charge >= 0.3 is 0 Å². The van der Waals surface area contributed by atoms with Crippen LogP contribution in [0.1, 0.15) is 36.5 Å². The molecule has 0 aliphatic carbocycles. The number of hydrogen-bond acceptors (Lipinski definition) is 4. The van der Waals surface area contributed by atoms with E-state index in [9.17, 15) is 0 Å². The summed E-state index contributed by atoms with van der Waals surface area (Å²) in [6.45, 7) is 7.83. The Morgan fingerprint density at radius 1 is 1.21 bits per heavy atom. The summed E-state index contributed by atoms with van der Waals surface area (Å²) in [7, 11) is 0. The Labute approximate surface area is 170 Å². The maximum atomic E-state index is 6.18. The summed E-state index contributed by atoms with van der Waals surface area (Å²) in [5, 5.41) is 7.72. The zero-order chi connectivity index (χ0) is 20.2. The first kappa shape index (κ1) is 18.9. The Morgan fingerprint density at radius 2 is 2.07 bits per heavy atom. The molecule has 1 N–H and O–H groups in total. The number of rotatable bonds is 7. The molecule has 6 nitrogen and oxygen atoms in total. The van der Waals surface area contributed by atoms with E-state index >= 15 is 0 Å². The van der Waals surface area contributed by atoms with Gasteiger partial charge < -0.3 is 9.30 Å². The van der Waals surface area contributed by atoms with Gasteiger partial charge in [0.15, 0.2) is 0 Å². The van der Waals surface area contributed by atoms with Gasteiger partial charge in [0.1, 0.15) is 18.7 Å². The van der Waals surface area contributed by atoms with Crippen LogP contribution in [0, 0.1) is 6.92 Å². The van der Waals surface area contributed by atoms with Crippen LogP contribution in [0.4, 0.5) is 5.95 Å². The quantitative estimate of drug-likeness (QED) is 0.453. The van der Waals surface area contributed by atoms with E-state index < -0.39 is 0 Å². The Morgan fingerprint density at radius 3 is 2.86 bits per heavy atom. The van der Waals surface area contributed by atoms with E-state index in [0.717, 1.165) is 28.8 Å². The average Bonchev–Trinajstić information content (AvgIpc) is 3.34. The number of aryl methyl sites for hydroxylation is 1. The van der Waals surface area contributed by atoms with Gasteiger partial charge in [-0.1, -0.05) is 44.2 Å². The second-order valence-electron chi connectivity index (χ2n) is 7.41. The van der Waals surface area contributed by atoms with Crippen LogP contribution >= 0.6 is 0 Å².